The highest BCUT2D eigenvalue weighted by atomic mass is 32.2. The second-order valence-corrected chi connectivity index (χ2v) is 5.31. The topological polar surface area (TPSA) is 48.5 Å². The molecule has 5 heteroatoms. The van der Waals surface area contributed by atoms with Crippen LogP contribution in [0.4, 0.5) is 5.69 Å². The van der Waals surface area contributed by atoms with Crippen LogP contribution in [0.5, 0.6) is 0 Å². The Morgan fingerprint density at radius 1 is 1.15 bits per heavy atom. The van der Waals surface area contributed by atoms with Crippen LogP contribution in [-0.4, -0.2) is 44.1 Å². The van der Waals surface area contributed by atoms with E-state index in [1.54, 1.807) is 0 Å². The van der Waals surface area contributed by atoms with Crippen LogP contribution in [0.3, 0.4) is 0 Å². The molecule has 0 unspecified atom stereocenters. The van der Waals surface area contributed by atoms with Gasteiger partial charge in [-0.2, -0.15) is 11.8 Å². The Labute approximate surface area is 126 Å². The summed E-state index contributed by atoms with van der Waals surface area (Å²) < 4.78 is 0. The van der Waals surface area contributed by atoms with Gasteiger partial charge in [0, 0.05) is 37.6 Å². The summed E-state index contributed by atoms with van der Waals surface area (Å²) in [5.41, 5.74) is 1.17. The molecule has 0 bridgehead atoms. The van der Waals surface area contributed by atoms with Gasteiger partial charge in [-0.3, -0.25) is 4.99 Å². The van der Waals surface area contributed by atoms with Crippen LogP contribution in [-0.2, 0) is 0 Å². The van der Waals surface area contributed by atoms with E-state index < -0.39 is 0 Å². The molecule has 0 fully saturated rings. The van der Waals surface area contributed by atoms with E-state index in [-0.39, 0.29) is 0 Å². The minimum absolute atomic E-state index is 0.828. The summed E-state index contributed by atoms with van der Waals surface area (Å²) in [4.78, 5) is 4.56. The van der Waals surface area contributed by atoms with Crippen molar-refractivity contribution in [2.24, 2.45) is 4.99 Å². The minimum atomic E-state index is 0.828. The monoisotopic (exact) mass is 294 g/mol. The molecule has 1 aromatic carbocycles. The van der Waals surface area contributed by atoms with Crippen molar-refractivity contribution in [2.45, 2.75) is 13.3 Å². The van der Waals surface area contributed by atoms with Gasteiger partial charge in [0.25, 0.3) is 0 Å². The number of nitrogens with one attached hydrogen (secondary N) is 3. The Bertz CT molecular complexity index is 367. The molecule has 0 aromatic heterocycles. The average Bonchev–Trinajstić information content (AvgIpc) is 2.48. The van der Waals surface area contributed by atoms with Crippen LogP contribution in [0.15, 0.2) is 35.3 Å². The molecule has 112 valence electrons. The van der Waals surface area contributed by atoms with Gasteiger partial charge in [0.2, 0.25) is 0 Å². The van der Waals surface area contributed by atoms with E-state index in [9.17, 15) is 0 Å². The molecule has 0 aliphatic heterocycles. The molecule has 0 amide bonds. The molecule has 0 radical (unpaired) electrons. The Morgan fingerprint density at radius 2 is 1.95 bits per heavy atom. The van der Waals surface area contributed by atoms with Crippen molar-refractivity contribution in [3.8, 4) is 0 Å². The van der Waals surface area contributed by atoms with Crippen molar-refractivity contribution in [3.05, 3.63) is 30.3 Å². The molecule has 0 atom stereocenters. The fourth-order valence-corrected chi connectivity index (χ4v) is 1.98. The summed E-state index contributed by atoms with van der Waals surface area (Å²) in [7, 11) is 0. The summed E-state index contributed by atoms with van der Waals surface area (Å²) in [6.45, 7) is 5.71. The maximum absolute atomic E-state index is 4.56. The number of hydrogen-bond acceptors (Lipinski definition) is 3. The largest absolute Gasteiger partial charge is 0.385 e. The second kappa shape index (κ2) is 11.5. The lowest BCUT2D eigenvalue weighted by Gasteiger charge is -2.10. The highest BCUT2D eigenvalue weighted by Crippen LogP contribution is 2.04. The van der Waals surface area contributed by atoms with Gasteiger partial charge in [-0.25, -0.2) is 0 Å². The third-order valence-corrected chi connectivity index (χ3v) is 3.26. The standard InChI is InChI=1S/C15H26N4S/c1-3-16-15(19-12-13-20-2)18-11-7-10-17-14-8-5-4-6-9-14/h4-6,8-9,17H,3,7,10-13H2,1-2H3,(H2,16,18,19). The Hall–Kier alpha value is -1.36. The number of rotatable bonds is 9. The summed E-state index contributed by atoms with van der Waals surface area (Å²) in [5.74, 6) is 2.02. The lowest BCUT2D eigenvalue weighted by molar-refractivity contribution is 0.816. The van der Waals surface area contributed by atoms with Crippen molar-refractivity contribution in [2.75, 3.05) is 43.5 Å². The second-order valence-electron chi connectivity index (χ2n) is 4.33. The van der Waals surface area contributed by atoms with E-state index in [1.807, 2.05) is 30.0 Å². The first-order valence-electron chi connectivity index (χ1n) is 7.17. The molecule has 0 aliphatic carbocycles. The van der Waals surface area contributed by atoms with Gasteiger partial charge >= 0.3 is 0 Å². The summed E-state index contributed by atoms with van der Waals surface area (Å²) in [5, 5.41) is 9.98. The number of hydrogen-bond donors (Lipinski definition) is 3. The summed E-state index contributed by atoms with van der Waals surface area (Å²) in [6.07, 6.45) is 3.13. The van der Waals surface area contributed by atoms with Crippen LogP contribution in [0.1, 0.15) is 13.3 Å². The highest BCUT2D eigenvalue weighted by Gasteiger charge is 1.95. The number of thioether (sulfide) groups is 1. The van der Waals surface area contributed by atoms with Crippen LogP contribution in [0.25, 0.3) is 0 Å². The first-order valence-corrected chi connectivity index (χ1v) is 8.56. The van der Waals surface area contributed by atoms with Gasteiger partial charge in [-0.15, -0.1) is 0 Å². The minimum Gasteiger partial charge on any atom is -0.385 e. The zero-order valence-electron chi connectivity index (χ0n) is 12.5. The van der Waals surface area contributed by atoms with Crippen LogP contribution in [0.2, 0.25) is 0 Å². The number of guanidine groups is 1. The van der Waals surface area contributed by atoms with Gasteiger partial charge in [0.05, 0.1) is 0 Å². The molecule has 1 rings (SSSR count). The SMILES string of the molecule is CCNC(=NCCCNc1ccccc1)NCCSC. The maximum Gasteiger partial charge on any atom is 0.191 e. The molecule has 0 heterocycles. The molecule has 0 saturated heterocycles. The van der Waals surface area contributed by atoms with Crippen molar-refractivity contribution in [1.29, 1.82) is 0 Å². The Balaban J connectivity index is 2.19. The van der Waals surface area contributed by atoms with Crippen molar-refractivity contribution in [1.82, 2.24) is 10.6 Å². The fraction of sp³-hybridized carbons (Fsp3) is 0.533. The maximum atomic E-state index is 4.56. The van der Waals surface area contributed by atoms with E-state index in [4.69, 9.17) is 0 Å². The van der Waals surface area contributed by atoms with Crippen LogP contribution >= 0.6 is 11.8 Å². The molecular weight excluding hydrogens is 268 g/mol. The normalized spacial score (nSPS) is 11.2. The molecule has 3 N–H and O–H groups in total. The van der Waals surface area contributed by atoms with Gasteiger partial charge < -0.3 is 16.0 Å². The molecular formula is C15H26N4S. The number of benzene rings is 1. The van der Waals surface area contributed by atoms with E-state index in [0.29, 0.717) is 0 Å². The quantitative estimate of drug-likeness (QED) is 0.372. The zero-order valence-corrected chi connectivity index (χ0v) is 13.3. The third kappa shape index (κ3) is 7.94. The first kappa shape index (κ1) is 16.7. The first-order chi connectivity index (χ1) is 9.86. The summed E-state index contributed by atoms with van der Waals surface area (Å²) >= 11 is 1.84. The van der Waals surface area contributed by atoms with Gasteiger partial charge in [0.15, 0.2) is 5.96 Å². The van der Waals surface area contributed by atoms with Crippen molar-refractivity contribution >= 4 is 23.4 Å². The third-order valence-electron chi connectivity index (χ3n) is 2.65. The average molecular weight is 294 g/mol. The van der Waals surface area contributed by atoms with Crippen LogP contribution in [0, 0.1) is 0 Å². The predicted octanol–water partition coefficient (Wildman–Crippen LogP) is 2.41. The number of para-hydroxylation sites is 1. The molecule has 1 aromatic rings. The number of anilines is 1. The van der Waals surface area contributed by atoms with Crippen molar-refractivity contribution < 1.29 is 0 Å². The zero-order chi connectivity index (χ0) is 14.5. The molecule has 0 saturated carbocycles. The van der Waals surface area contributed by atoms with Crippen LogP contribution < -0.4 is 16.0 Å². The molecule has 0 aliphatic rings. The Morgan fingerprint density at radius 3 is 2.65 bits per heavy atom. The fourth-order valence-electron chi connectivity index (χ4n) is 1.67. The lowest BCUT2D eigenvalue weighted by atomic mass is 10.3. The lowest BCUT2D eigenvalue weighted by Crippen LogP contribution is -2.38. The molecule has 4 nitrogen and oxygen atoms in total. The van der Waals surface area contributed by atoms with E-state index >= 15 is 0 Å². The molecule has 0 spiro atoms. The van der Waals surface area contributed by atoms with E-state index in [2.05, 4.69) is 46.3 Å². The Kier molecular flexibility index (Phi) is 9.57. The van der Waals surface area contributed by atoms with E-state index in [0.717, 1.165) is 44.3 Å². The van der Waals surface area contributed by atoms with Gasteiger partial charge in [-0.05, 0) is 31.7 Å². The number of aliphatic imine (C=N–C) groups is 1. The molecule has 20 heavy (non-hydrogen) atoms. The van der Waals surface area contributed by atoms with Crippen molar-refractivity contribution in [3.63, 3.8) is 0 Å². The smallest absolute Gasteiger partial charge is 0.191 e. The van der Waals surface area contributed by atoms with Gasteiger partial charge in [-0.1, -0.05) is 18.2 Å². The number of nitrogens with zero attached hydrogens (tertiary/aromatic N) is 1. The van der Waals surface area contributed by atoms with E-state index in [1.165, 1.54) is 5.69 Å². The van der Waals surface area contributed by atoms with Gasteiger partial charge in [0.1, 0.15) is 0 Å². The summed E-state index contributed by atoms with van der Waals surface area (Å²) in [6, 6.07) is 10.3. The predicted molar refractivity (Wildman–Crippen MR) is 91.9 cm³/mol. The highest BCUT2D eigenvalue weighted by molar-refractivity contribution is 7.98.